The fraction of sp³-hybridized carbons (Fsp3) is 0.500. The van der Waals surface area contributed by atoms with Gasteiger partial charge in [-0.1, -0.05) is 13.8 Å². The van der Waals surface area contributed by atoms with Gasteiger partial charge in [0.25, 0.3) is 0 Å². The Morgan fingerprint density at radius 3 is 2.62 bits per heavy atom. The number of nitrogens with zero attached hydrogens (tertiary/aromatic N) is 1. The maximum Gasteiger partial charge on any atom is 0.337 e. The zero-order valence-corrected chi connectivity index (χ0v) is 12.7. The number of rotatable bonds is 4. The summed E-state index contributed by atoms with van der Waals surface area (Å²) >= 11 is 0. The number of aromatic carboxylic acids is 1. The molecule has 1 atom stereocenters. The van der Waals surface area contributed by atoms with Gasteiger partial charge in [0, 0.05) is 13.1 Å². The maximum absolute atomic E-state index is 13.4. The fourth-order valence-electron chi connectivity index (χ4n) is 2.54. The lowest BCUT2D eigenvalue weighted by Crippen LogP contribution is -2.30. The minimum atomic E-state index is -3.99. The number of hydrogen-bond acceptors (Lipinski definition) is 3. The van der Waals surface area contributed by atoms with Gasteiger partial charge in [-0.15, -0.1) is 0 Å². The summed E-state index contributed by atoms with van der Waals surface area (Å²) < 4.78 is 39.8. The molecule has 0 spiro atoms. The van der Waals surface area contributed by atoms with Gasteiger partial charge in [-0.25, -0.2) is 17.6 Å². The van der Waals surface area contributed by atoms with Crippen molar-refractivity contribution in [3.05, 3.63) is 29.6 Å². The number of carboxylic acid groups (broad SMARTS) is 1. The molecule has 1 unspecified atom stereocenters. The minimum absolute atomic E-state index is 0.238. The van der Waals surface area contributed by atoms with Crippen LogP contribution in [0.15, 0.2) is 23.1 Å². The van der Waals surface area contributed by atoms with E-state index in [2.05, 4.69) is 0 Å². The summed E-state index contributed by atoms with van der Waals surface area (Å²) in [6.45, 7) is 4.72. The van der Waals surface area contributed by atoms with Crippen LogP contribution in [0.4, 0.5) is 4.39 Å². The highest BCUT2D eigenvalue weighted by atomic mass is 32.2. The van der Waals surface area contributed by atoms with E-state index in [0.717, 1.165) is 24.6 Å². The molecule has 0 aromatic heterocycles. The molecule has 1 heterocycles. The average molecular weight is 315 g/mol. The standard InChI is InChI=1S/C14H18FNO4S/c1-9(2)10-5-6-16(8-10)21(19,20)13-7-11(15)3-4-12(13)14(17)18/h3-4,7,9-10H,5-6,8H2,1-2H3,(H,17,18). The largest absolute Gasteiger partial charge is 0.478 e. The van der Waals surface area contributed by atoms with Crippen LogP contribution in [-0.2, 0) is 10.0 Å². The first-order valence-electron chi connectivity index (χ1n) is 6.76. The molecule has 1 aliphatic heterocycles. The van der Waals surface area contributed by atoms with E-state index in [1.807, 2.05) is 13.8 Å². The first kappa shape index (κ1) is 15.9. The van der Waals surface area contributed by atoms with Crippen molar-refractivity contribution in [2.45, 2.75) is 25.2 Å². The van der Waals surface area contributed by atoms with Crippen molar-refractivity contribution < 1.29 is 22.7 Å². The van der Waals surface area contributed by atoms with Gasteiger partial charge in [0.1, 0.15) is 5.82 Å². The third kappa shape index (κ3) is 3.08. The second-order valence-electron chi connectivity index (χ2n) is 5.60. The quantitative estimate of drug-likeness (QED) is 0.924. The molecule has 1 aromatic rings. The van der Waals surface area contributed by atoms with E-state index in [9.17, 15) is 17.6 Å². The van der Waals surface area contributed by atoms with Crippen LogP contribution in [0.1, 0.15) is 30.6 Å². The minimum Gasteiger partial charge on any atom is -0.478 e. The molecule has 0 radical (unpaired) electrons. The van der Waals surface area contributed by atoms with Crippen molar-refractivity contribution in [3.63, 3.8) is 0 Å². The molecule has 1 saturated heterocycles. The fourth-order valence-corrected chi connectivity index (χ4v) is 4.25. The Kier molecular flexibility index (Phi) is 4.34. The number of sulfonamides is 1. The van der Waals surface area contributed by atoms with E-state index in [1.54, 1.807) is 0 Å². The highest BCUT2D eigenvalue weighted by Gasteiger charge is 2.35. The van der Waals surface area contributed by atoms with Gasteiger partial charge in [-0.2, -0.15) is 4.31 Å². The molecule has 0 amide bonds. The first-order chi connectivity index (χ1) is 9.73. The summed E-state index contributed by atoms with van der Waals surface area (Å²) in [5.74, 6) is -1.57. The molecule has 0 aliphatic carbocycles. The smallest absolute Gasteiger partial charge is 0.337 e. The van der Waals surface area contributed by atoms with E-state index in [0.29, 0.717) is 19.0 Å². The molecule has 21 heavy (non-hydrogen) atoms. The summed E-state index contributed by atoms with van der Waals surface area (Å²) in [4.78, 5) is 10.7. The number of carbonyl (C=O) groups is 1. The Balaban J connectivity index is 2.41. The Bertz CT molecular complexity index is 657. The highest BCUT2D eigenvalue weighted by molar-refractivity contribution is 7.89. The number of carboxylic acids is 1. The molecule has 5 nitrogen and oxygen atoms in total. The van der Waals surface area contributed by atoms with E-state index >= 15 is 0 Å². The average Bonchev–Trinajstić information content (AvgIpc) is 2.88. The van der Waals surface area contributed by atoms with Gasteiger partial charge >= 0.3 is 5.97 Å². The molecular formula is C14H18FNO4S. The van der Waals surface area contributed by atoms with Gasteiger partial charge in [0.15, 0.2) is 0 Å². The lowest BCUT2D eigenvalue weighted by Gasteiger charge is -2.19. The van der Waals surface area contributed by atoms with Crippen molar-refractivity contribution in [2.24, 2.45) is 11.8 Å². The normalized spacial score (nSPS) is 20.1. The van der Waals surface area contributed by atoms with Crippen molar-refractivity contribution in [2.75, 3.05) is 13.1 Å². The van der Waals surface area contributed by atoms with Crippen molar-refractivity contribution in [1.29, 1.82) is 0 Å². The molecule has 0 bridgehead atoms. The number of halogens is 1. The van der Waals surface area contributed by atoms with Gasteiger partial charge in [0.05, 0.1) is 10.5 Å². The van der Waals surface area contributed by atoms with E-state index in [-0.39, 0.29) is 5.92 Å². The van der Waals surface area contributed by atoms with Crippen LogP contribution in [0.2, 0.25) is 0 Å². The van der Waals surface area contributed by atoms with Gasteiger partial charge in [-0.3, -0.25) is 0 Å². The highest BCUT2D eigenvalue weighted by Crippen LogP contribution is 2.30. The lowest BCUT2D eigenvalue weighted by molar-refractivity contribution is 0.0692. The molecule has 1 N–H and O–H groups in total. The van der Waals surface area contributed by atoms with Crippen LogP contribution in [0.3, 0.4) is 0 Å². The maximum atomic E-state index is 13.4. The SMILES string of the molecule is CC(C)C1CCN(S(=O)(=O)c2cc(F)ccc2C(=O)O)C1. The molecule has 1 aliphatic rings. The van der Waals surface area contributed by atoms with Crippen LogP contribution >= 0.6 is 0 Å². The van der Waals surface area contributed by atoms with E-state index < -0.39 is 32.3 Å². The molecular weight excluding hydrogens is 297 g/mol. The first-order valence-corrected chi connectivity index (χ1v) is 8.20. The summed E-state index contributed by atoms with van der Waals surface area (Å²) in [6.07, 6.45) is 0.731. The lowest BCUT2D eigenvalue weighted by atomic mass is 9.96. The van der Waals surface area contributed by atoms with Crippen LogP contribution in [0, 0.1) is 17.7 Å². The Hall–Kier alpha value is -1.47. The third-order valence-corrected chi connectivity index (χ3v) is 5.83. The molecule has 7 heteroatoms. The number of benzene rings is 1. The van der Waals surface area contributed by atoms with Gasteiger partial charge in [0.2, 0.25) is 10.0 Å². The van der Waals surface area contributed by atoms with Crippen LogP contribution in [-0.4, -0.2) is 36.9 Å². The Labute approximate surface area is 123 Å². The third-order valence-electron chi connectivity index (χ3n) is 3.92. The van der Waals surface area contributed by atoms with Crippen molar-refractivity contribution in [1.82, 2.24) is 4.31 Å². The number of hydrogen-bond donors (Lipinski definition) is 1. The van der Waals surface area contributed by atoms with Crippen molar-refractivity contribution >= 4 is 16.0 Å². The molecule has 1 fully saturated rings. The summed E-state index contributed by atoms with van der Waals surface area (Å²) in [7, 11) is -3.99. The monoisotopic (exact) mass is 315 g/mol. The summed E-state index contributed by atoms with van der Waals surface area (Å²) in [5, 5.41) is 9.10. The zero-order chi connectivity index (χ0) is 15.8. The van der Waals surface area contributed by atoms with Crippen LogP contribution < -0.4 is 0 Å². The van der Waals surface area contributed by atoms with E-state index in [1.165, 1.54) is 4.31 Å². The molecule has 1 aromatic carbocycles. The van der Waals surface area contributed by atoms with Gasteiger partial charge in [-0.05, 0) is 36.5 Å². The summed E-state index contributed by atoms with van der Waals surface area (Å²) in [6, 6.07) is 2.71. The molecule has 0 saturated carbocycles. The Morgan fingerprint density at radius 1 is 1.43 bits per heavy atom. The predicted octanol–water partition coefficient (Wildman–Crippen LogP) is 2.19. The second kappa shape index (κ2) is 5.73. The zero-order valence-electron chi connectivity index (χ0n) is 11.9. The van der Waals surface area contributed by atoms with Gasteiger partial charge < -0.3 is 5.11 Å². The van der Waals surface area contributed by atoms with E-state index in [4.69, 9.17) is 5.11 Å². The van der Waals surface area contributed by atoms with Crippen LogP contribution in [0.25, 0.3) is 0 Å². The van der Waals surface area contributed by atoms with Crippen LogP contribution in [0.5, 0.6) is 0 Å². The topological polar surface area (TPSA) is 74.7 Å². The molecule has 2 rings (SSSR count). The van der Waals surface area contributed by atoms with Crippen molar-refractivity contribution in [3.8, 4) is 0 Å². The Morgan fingerprint density at radius 2 is 2.10 bits per heavy atom. The summed E-state index contributed by atoms with van der Waals surface area (Å²) in [5.41, 5.74) is -0.399. The second-order valence-corrected chi connectivity index (χ2v) is 7.51. The predicted molar refractivity (Wildman–Crippen MR) is 75.1 cm³/mol. The molecule has 116 valence electrons.